The molecule has 0 saturated heterocycles. The third-order valence-corrected chi connectivity index (χ3v) is 6.12. The number of phenolic OH excluding ortho intramolecular Hbond substituents is 1. The SMILES string of the molecule is CC(C)C(NC(=O)C(N)CCCN=C(N)N)C(=O)NC(CCCN=C(N)N)C(=O)NC(Cc1ccc(O)cc1)C(=O)O. The summed E-state index contributed by atoms with van der Waals surface area (Å²) in [6.07, 6.45) is 0.997. The molecule has 4 unspecified atom stereocenters. The smallest absolute Gasteiger partial charge is 0.326 e. The molecule has 1 aromatic rings. The molecular formula is C26H44N10O6. The number of hydrogen-bond donors (Lipinski definition) is 10. The van der Waals surface area contributed by atoms with E-state index in [0.717, 1.165) is 0 Å². The second kappa shape index (κ2) is 18.0. The topological polar surface area (TPSA) is 300 Å². The van der Waals surface area contributed by atoms with Gasteiger partial charge >= 0.3 is 5.97 Å². The molecule has 234 valence electrons. The van der Waals surface area contributed by atoms with Gasteiger partial charge in [0.1, 0.15) is 23.9 Å². The maximum Gasteiger partial charge on any atom is 0.326 e. The van der Waals surface area contributed by atoms with Crippen molar-refractivity contribution in [3.63, 3.8) is 0 Å². The molecule has 1 aromatic carbocycles. The van der Waals surface area contributed by atoms with Crippen LogP contribution < -0.4 is 44.6 Å². The molecule has 42 heavy (non-hydrogen) atoms. The van der Waals surface area contributed by atoms with Crippen molar-refractivity contribution >= 4 is 35.6 Å². The number of carboxylic acid groups (broad SMARTS) is 1. The molecule has 0 spiro atoms. The minimum absolute atomic E-state index is 0.0110. The summed E-state index contributed by atoms with van der Waals surface area (Å²) in [5.74, 6) is -3.84. The summed E-state index contributed by atoms with van der Waals surface area (Å²) in [5, 5.41) is 26.9. The Bertz CT molecular complexity index is 1100. The number of nitrogens with two attached hydrogens (primary N) is 5. The Kier molecular flexibility index (Phi) is 15.1. The average Bonchev–Trinajstić information content (AvgIpc) is 2.91. The van der Waals surface area contributed by atoms with Crippen LogP contribution in [0.4, 0.5) is 0 Å². The summed E-state index contributed by atoms with van der Waals surface area (Å²) < 4.78 is 0. The highest BCUT2D eigenvalue weighted by molar-refractivity contribution is 5.94. The summed E-state index contributed by atoms with van der Waals surface area (Å²) in [7, 11) is 0. The quantitative estimate of drug-likeness (QED) is 0.0485. The van der Waals surface area contributed by atoms with E-state index in [4.69, 9.17) is 28.7 Å². The van der Waals surface area contributed by atoms with Gasteiger partial charge in [-0.3, -0.25) is 24.4 Å². The van der Waals surface area contributed by atoms with Crippen molar-refractivity contribution < 1.29 is 29.4 Å². The van der Waals surface area contributed by atoms with Crippen LogP contribution in [-0.4, -0.2) is 83.1 Å². The van der Waals surface area contributed by atoms with Crippen molar-refractivity contribution in [1.29, 1.82) is 0 Å². The Morgan fingerprint density at radius 3 is 1.81 bits per heavy atom. The fourth-order valence-electron chi connectivity index (χ4n) is 3.82. The lowest BCUT2D eigenvalue weighted by atomic mass is 10.0. The van der Waals surface area contributed by atoms with Gasteiger partial charge in [0.25, 0.3) is 0 Å². The van der Waals surface area contributed by atoms with Crippen LogP contribution in [0.5, 0.6) is 5.75 Å². The monoisotopic (exact) mass is 592 g/mol. The van der Waals surface area contributed by atoms with Crippen molar-refractivity contribution in [1.82, 2.24) is 16.0 Å². The number of benzene rings is 1. The number of guanidine groups is 2. The molecule has 0 aliphatic carbocycles. The first-order chi connectivity index (χ1) is 19.7. The number of aromatic hydroxyl groups is 1. The first-order valence-corrected chi connectivity index (χ1v) is 13.5. The number of amides is 3. The highest BCUT2D eigenvalue weighted by atomic mass is 16.4. The van der Waals surface area contributed by atoms with E-state index in [9.17, 15) is 29.4 Å². The molecule has 0 aliphatic heterocycles. The van der Waals surface area contributed by atoms with Crippen LogP contribution in [0.15, 0.2) is 34.3 Å². The Balaban J connectivity index is 3.00. The highest BCUT2D eigenvalue weighted by Crippen LogP contribution is 2.12. The van der Waals surface area contributed by atoms with E-state index in [-0.39, 0.29) is 62.4 Å². The van der Waals surface area contributed by atoms with Crippen LogP contribution in [0, 0.1) is 5.92 Å². The van der Waals surface area contributed by atoms with E-state index in [1.807, 2.05) is 0 Å². The van der Waals surface area contributed by atoms with Gasteiger partial charge in [0.05, 0.1) is 6.04 Å². The maximum absolute atomic E-state index is 13.3. The number of rotatable bonds is 18. The number of carbonyl (C=O) groups is 4. The molecule has 16 heteroatoms. The lowest BCUT2D eigenvalue weighted by molar-refractivity contribution is -0.142. The van der Waals surface area contributed by atoms with E-state index >= 15 is 0 Å². The third-order valence-electron chi connectivity index (χ3n) is 6.12. The number of aliphatic carboxylic acids is 1. The molecule has 0 aliphatic rings. The maximum atomic E-state index is 13.3. The largest absolute Gasteiger partial charge is 0.508 e. The second-order valence-corrected chi connectivity index (χ2v) is 10.1. The molecule has 15 N–H and O–H groups in total. The zero-order chi connectivity index (χ0) is 31.8. The summed E-state index contributed by atoms with van der Waals surface area (Å²) in [6, 6.07) is 1.42. The molecule has 0 aromatic heterocycles. The standard InChI is InChI=1S/C26H44N10O6/c1-14(2)20(36-21(38)17(27)5-3-11-32-25(28)29)23(40)34-18(6-4-12-33-26(30)31)22(39)35-19(24(41)42)13-15-7-9-16(37)10-8-15/h7-10,14,17-20,37H,3-6,11-13,27H2,1-2H3,(H,34,40)(H,35,39)(H,36,38)(H,41,42)(H4,28,29,32)(H4,30,31,33). The van der Waals surface area contributed by atoms with Gasteiger partial charge in [0.2, 0.25) is 17.7 Å². The summed E-state index contributed by atoms with van der Waals surface area (Å²) in [5.41, 5.74) is 27.8. The first kappa shape index (κ1) is 35.4. The number of nitrogens with zero attached hydrogens (tertiary/aromatic N) is 2. The van der Waals surface area contributed by atoms with E-state index in [1.165, 1.54) is 24.3 Å². The van der Waals surface area contributed by atoms with Gasteiger partial charge in [-0.1, -0.05) is 26.0 Å². The summed E-state index contributed by atoms with van der Waals surface area (Å²) in [6.45, 7) is 3.87. The van der Waals surface area contributed by atoms with E-state index in [1.54, 1.807) is 13.8 Å². The lowest BCUT2D eigenvalue weighted by Gasteiger charge is -2.27. The normalized spacial score (nSPS) is 13.6. The molecule has 0 fully saturated rings. The first-order valence-electron chi connectivity index (χ1n) is 13.5. The number of carbonyl (C=O) groups excluding carboxylic acids is 3. The minimum atomic E-state index is -1.32. The molecule has 0 heterocycles. The Morgan fingerprint density at radius 2 is 1.31 bits per heavy atom. The number of aliphatic imine (C=N–C) groups is 2. The minimum Gasteiger partial charge on any atom is -0.508 e. The van der Waals surface area contributed by atoms with E-state index < -0.39 is 47.9 Å². The van der Waals surface area contributed by atoms with Gasteiger partial charge in [0, 0.05) is 19.5 Å². The molecule has 0 radical (unpaired) electrons. The lowest BCUT2D eigenvalue weighted by Crippen LogP contribution is -2.58. The molecule has 16 nitrogen and oxygen atoms in total. The number of nitrogens with one attached hydrogen (secondary N) is 3. The van der Waals surface area contributed by atoms with Gasteiger partial charge in [-0.05, 0) is 49.3 Å². The molecule has 1 rings (SSSR count). The van der Waals surface area contributed by atoms with Crippen molar-refractivity contribution in [2.45, 2.75) is 70.1 Å². The Labute approximate surface area is 244 Å². The number of phenols is 1. The van der Waals surface area contributed by atoms with E-state index in [2.05, 4.69) is 25.9 Å². The Hall–Kier alpha value is -4.60. The highest BCUT2D eigenvalue weighted by Gasteiger charge is 2.31. The van der Waals surface area contributed by atoms with Crippen LogP contribution in [0.25, 0.3) is 0 Å². The number of carboxylic acids is 1. The average molecular weight is 593 g/mol. The van der Waals surface area contributed by atoms with Crippen LogP contribution in [0.2, 0.25) is 0 Å². The van der Waals surface area contributed by atoms with E-state index in [0.29, 0.717) is 12.0 Å². The van der Waals surface area contributed by atoms with Crippen molar-refractivity contribution in [3.8, 4) is 5.75 Å². The third kappa shape index (κ3) is 13.6. The fraction of sp³-hybridized carbons (Fsp3) is 0.538. The molecule has 0 saturated carbocycles. The van der Waals surface area contributed by atoms with Crippen LogP contribution in [-0.2, 0) is 25.6 Å². The van der Waals surface area contributed by atoms with Crippen LogP contribution >= 0.6 is 0 Å². The van der Waals surface area contributed by atoms with Gasteiger partial charge < -0.3 is 54.8 Å². The molecule has 4 atom stereocenters. The molecule has 0 bridgehead atoms. The zero-order valence-electron chi connectivity index (χ0n) is 24.0. The Morgan fingerprint density at radius 1 is 0.786 bits per heavy atom. The van der Waals surface area contributed by atoms with Gasteiger partial charge in [-0.15, -0.1) is 0 Å². The fourth-order valence-corrected chi connectivity index (χ4v) is 3.82. The van der Waals surface area contributed by atoms with Gasteiger partial charge in [-0.2, -0.15) is 0 Å². The molecular weight excluding hydrogens is 548 g/mol. The second-order valence-electron chi connectivity index (χ2n) is 10.1. The van der Waals surface area contributed by atoms with Gasteiger partial charge in [-0.25, -0.2) is 4.79 Å². The van der Waals surface area contributed by atoms with Crippen LogP contribution in [0.3, 0.4) is 0 Å². The zero-order valence-corrected chi connectivity index (χ0v) is 24.0. The van der Waals surface area contributed by atoms with Crippen molar-refractivity contribution in [2.24, 2.45) is 44.6 Å². The number of hydrogen-bond acceptors (Lipinski definition) is 8. The van der Waals surface area contributed by atoms with Gasteiger partial charge in [0.15, 0.2) is 11.9 Å². The summed E-state index contributed by atoms with van der Waals surface area (Å²) >= 11 is 0. The summed E-state index contributed by atoms with van der Waals surface area (Å²) in [4.78, 5) is 58.8. The van der Waals surface area contributed by atoms with Crippen molar-refractivity contribution in [2.75, 3.05) is 13.1 Å². The predicted octanol–water partition coefficient (Wildman–Crippen LogP) is -2.44. The van der Waals surface area contributed by atoms with Crippen LogP contribution in [0.1, 0.15) is 45.1 Å². The van der Waals surface area contributed by atoms with Crippen molar-refractivity contribution in [3.05, 3.63) is 29.8 Å². The molecule has 3 amide bonds. The predicted molar refractivity (Wildman–Crippen MR) is 158 cm³/mol.